The molecule has 2 N–H and O–H groups in total. The van der Waals surface area contributed by atoms with Crippen LogP contribution in [-0.2, 0) is 11.2 Å². The molecule has 6 nitrogen and oxygen atoms in total. The van der Waals surface area contributed by atoms with Crippen molar-refractivity contribution < 1.29 is 4.79 Å². The molecular weight excluding hydrogens is 429 g/mol. The summed E-state index contributed by atoms with van der Waals surface area (Å²) >= 11 is 0. The molecule has 1 fully saturated rings. The standard InChI is InChI=1S/C18H29N5O.HI/c1-3-19-18(22-16-9-4-5-10-16)21-14-17(24)23(2)13-11-15-8-6-7-12-20-15;/h6-8,12,16H,3-5,9-11,13-14H2,1-2H3,(H2,19,21,22);1H. The quantitative estimate of drug-likeness (QED) is 0.373. The fraction of sp³-hybridized carbons (Fsp3) is 0.611. The van der Waals surface area contributed by atoms with Gasteiger partial charge in [0.05, 0.1) is 0 Å². The van der Waals surface area contributed by atoms with Crippen molar-refractivity contribution in [3.63, 3.8) is 0 Å². The molecule has 0 bridgehead atoms. The number of rotatable bonds is 7. The minimum absolute atomic E-state index is 0. The molecule has 1 aromatic rings. The zero-order valence-corrected chi connectivity index (χ0v) is 17.5. The average Bonchev–Trinajstić information content (AvgIpc) is 3.11. The highest BCUT2D eigenvalue weighted by Gasteiger charge is 2.16. The second kappa shape index (κ2) is 12.1. The van der Waals surface area contributed by atoms with Crippen molar-refractivity contribution in [1.29, 1.82) is 0 Å². The predicted molar refractivity (Wildman–Crippen MR) is 112 cm³/mol. The maximum Gasteiger partial charge on any atom is 0.244 e. The highest BCUT2D eigenvalue weighted by atomic mass is 127. The second-order valence-corrected chi connectivity index (χ2v) is 6.21. The van der Waals surface area contributed by atoms with E-state index in [1.165, 1.54) is 25.7 Å². The minimum atomic E-state index is 0. The third kappa shape index (κ3) is 8.02. The first kappa shape index (κ1) is 21.7. The Hall–Kier alpha value is -1.38. The van der Waals surface area contributed by atoms with Crippen LogP contribution in [0.2, 0.25) is 0 Å². The summed E-state index contributed by atoms with van der Waals surface area (Å²) in [6.07, 6.45) is 7.44. The SMILES string of the molecule is CCNC(=NCC(=O)N(C)CCc1ccccn1)NC1CCCC1.I. The van der Waals surface area contributed by atoms with Gasteiger partial charge in [0, 0.05) is 44.5 Å². The van der Waals surface area contributed by atoms with Crippen LogP contribution in [0.4, 0.5) is 0 Å². The van der Waals surface area contributed by atoms with Crippen LogP contribution in [-0.4, -0.2) is 54.5 Å². The highest BCUT2D eigenvalue weighted by Crippen LogP contribution is 2.17. The molecule has 2 rings (SSSR count). The number of hydrogen-bond acceptors (Lipinski definition) is 3. The van der Waals surface area contributed by atoms with Crippen LogP contribution in [0.25, 0.3) is 0 Å². The van der Waals surface area contributed by atoms with Gasteiger partial charge in [-0.1, -0.05) is 18.9 Å². The van der Waals surface area contributed by atoms with E-state index in [1.807, 2.05) is 32.2 Å². The maximum atomic E-state index is 12.3. The largest absolute Gasteiger partial charge is 0.357 e. The van der Waals surface area contributed by atoms with E-state index in [0.717, 1.165) is 24.6 Å². The topological polar surface area (TPSA) is 69.6 Å². The Balaban J connectivity index is 0.00000312. The number of guanidine groups is 1. The molecule has 0 saturated heterocycles. The Kier molecular flexibility index (Phi) is 10.4. The lowest BCUT2D eigenvalue weighted by atomic mass is 10.2. The Morgan fingerprint density at radius 2 is 2.12 bits per heavy atom. The van der Waals surface area contributed by atoms with Crippen LogP contribution in [0.3, 0.4) is 0 Å². The molecular formula is C18H30IN5O. The van der Waals surface area contributed by atoms with Crippen molar-refractivity contribution in [1.82, 2.24) is 20.5 Å². The number of amides is 1. The van der Waals surface area contributed by atoms with Gasteiger partial charge < -0.3 is 15.5 Å². The van der Waals surface area contributed by atoms with Crippen molar-refractivity contribution in [3.05, 3.63) is 30.1 Å². The summed E-state index contributed by atoms with van der Waals surface area (Å²) in [5, 5.41) is 6.65. The first-order valence-electron chi connectivity index (χ1n) is 8.87. The van der Waals surface area contributed by atoms with E-state index in [-0.39, 0.29) is 36.4 Å². The molecule has 0 spiro atoms. The van der Waals surface area contributed by atoms with E-state index in [0.29, 0.717) is 12.6 Å². The lowest BCUT2D eigenvalue weighted by molar-refractivity contribution is -0.128. The summed E-state index contributed by atoms with van der Waals surface area (Å²) in [6, 6.07) is 6.32. The van der Waals surface area contributed by atoms with Crippen LogP contribution in [0.5, 0.6) is 0 Å². The number of aliphatic imine (C=N–C) groups is 1. The Bertz CT molecular complexity index is 532. The van der Waals surface area contributed by atoms with Gasteiger partial charge in [0.15, 0.2) is 5.96 Å². The van der Waals surface area contributed by atoms with Gasteiger partial charge in [0.1, 0.15) is 6.54 Å². The molecule has 0 aliphatic heterocycles. The van der Waals surface area contributed by atoms with Crippen LogP contribution in [0, 0.1) is 0 Å². The van der Waals surface area contributed by atoms with Gasteiger partial charge in [-0.05, 0) is 31.9 Å². The summed E-state index contributed by atoms with van der Waals surface area (Å²) in [7, 11) is 1.82. The molecule has 0 radical (unpaired) electrons. The second-order valence-electron chi connectivity index (χ2n) is 6.21. The van der Waals surface area contributed by atoms with Crippen LogP contribution in [0.15, 0.2) is 29.4 Å². The van der Waals surface area contributed by atoms with Gasteiger partial charge in [-0.3, -0.25) is 9.78 Å². The number of halogens is 1. The fourth-order valence-electron chi connectivity index (χ4n) is 2.80. The molecule has 1 aliphatic carbocycles. The maximum absolute atomic E-state index is 12.3. The number of aromatic nitrogens is 1. The van der Waals surface area contributed by atoms with Crippen LogP contribution in [0.1, 0.15) is 38.3 Å². The molecule has 1 amide bonds. The van der Waals surface area contributed by atoms with Gasteiger partial charge >= 0.3 is 0 Å². The van der Waals surface area contributed by atoms with Crippen molar-refractivity contribution in [2.45, 2.75) is 45.1 Å². The number of hydrogen-bond donors (Lipinski definition) is 2. The molecule has 0 unspecified atom stereocenters. The Morgan fingerprint density at radius 1 is 1.36 bits per heavy atom. The number of nitrogens with zero attached hydrogens (tertiary/aromatic N) is 3. The monoisotopic (exact) mass is 459 g/mol. The Labute approximate surface area is 167 Å². The van der Waals surface area contributed by atoms with Crippen LogP contribution < -0.4 is 10.6 Å². The van der Waals surface area contributed by atoms with E-state index in [2.05, 4.69) is 20.6 Å². The molecule has 1 heterocycles. The summed E-state index contributed by atoms with van der Waals surface area (Å²) in [5.74, 6) is 0.769. The van der Waals surface area contributed by atoms with Gasteiger partial charge in [-0.15, -0.1) is 24.0 Å². The molecule has 1 saturated carbocycles. The van der Waals surface area contributed by atoms with Gasteiger partial charge in [-0.25, -0.2) is 4.99 Å². The number of pyridine rings is 1. The highest BCUT2D eigenvalue weighted by molar-refractivity contribution is 14.0. The molecule has 25 heavy (non-hydrogen) atoms. The third-order valence-corrected chi connectivity index (χ3v) is 4.27. The molecule has 7 heteroatoms. The number of likely N-dealkylation sites (N-methyl/N-ethyl adjacent to an activating group) is 1. The normalized spacial score (nSPS) is 14.7. The van der Waals surface area contributed by atoms with Crippen molar-refractivity contribution in [3.8, 4) is 0 Å². The van der Waals surface area contributed by atoms with Gasteiger partial charge in [-0.2, -0.15) is 0 Å². The smallest absolute Gasteiger partial charge is 0.244 e. The zero-order valence-electron chi connectivity index (χ0n) is 15.2. The van der Waals surface area contributed by atoms with E-state index in [4.69, 9.17) is 0 Å². The number of carbonyl (C=O) groups excluding carboxylic acids is 1. The first-order chi connectivity index (χ1) is 11.7. The van der Waals surface area contributed by atoms with E-state index >= 15 is 0 Å². The summed E-state index contributed by atoms with van der Waals surface area (Å²) in [4.78, 5) is 22.7. The summed E-state index contributed by atoms with van der Waals surface area (Å²) in [6.45, 7) is 3.65. The van der Waals surface area contributed by atoms with Gasteiger partial charge in [0.2, 0.25) is 5.91 Å². The van der Waals surface area contributed by atoms with Gasteiger partial charge in [0.25, 0.3) is 0 Å². The van der Waals surface area contributed by atoms with E-state index < -0.39 is 0 Å². The molecule has 1 aromatic heterocycles. The lowest BCUT2D eigenvalue weighted by Gasteiger charge is -2.18. The molecule has 140 valence electrons. The summed E-state index contributed by atoms with van der Waals surface area (Å²) in [5.41, 5.74) is 0.997. The molecule has 0 atom stereocenters. The molecule has 0 aromatic carbocycles. The first-order valence-corrected chi connectivity index (χ1v) is 8.87. The van der Waals surface area contributed by atoms with Crippen molar-refractivity contribution in [2.24, 2.45) is 4.99 Å². The van der Waals surface area contributed by atoms with Crippen LogP contribution >= 0.6 is 24.0 Å². The minimum Gasteiger partial charge on any atom is -0.357 e. The van der Waals surface area contributed by atoms with E-state index in [9.17, 15) is 4.79 Å². The fourth-order valence-corrected chi connectivity index (χ4v) is 2.80. The average molecular weight is 459 g/mol. The lowest BCUT2D eigenvalue weighted by Crippen LogP contribution is -2.43. The Morgan fingerprint density at radius 3 is 2.76 bits per heavy atom. The zero-order chi connectivity index (χ0) is 17.2. The van der Waals surface area contributed by atoms with Crippen molar-refractivity contribution >= 4 is 35.8 Å². The number of carbonyl (C=O) groups is 1. The predicted octanol–water partition coefficient (Wildman–Crippen LogP) is 2.20. The van der Waals surface area contributed by atoms with E-state index in [1.54, 1.807) is 11.1 Å². The third-order valence-electron chi connectivity index (χ3n) is 4.27. The molecule has 1 aliphatic rings. The number of nitrogens with one attached hydrogen (secondary N) is 2. The summed E-state index contributed by atoms with van der Waals surface area (Å²) < 4.78 is 0. The van der Waals surface area contributed by atoms with Crippen molar-refractivity contribution in [2.75, 3.05) is 26.7 Å².